The monoisotopic (exact) mass is 275 g/mol. The van der Waals surface area contributed by atoms with Gasteiger partial charge in [0.15, 0.2) is 6.61 Å². The van der Waals surface area contributed by atoms with Gasteiger partial charge in [-0.1, -0.05) is 0 Å². The third-order valence-electron chi connectivity index (χ3n) is 2.13. The Labute approximate surface area is 115 Å². The third kappa shape index (κ3) is 5.18. The predicted molar refractivity (Wildman–Crippen MR) is 69.8 cm³/mol. The summed E-state index contributed by atoms with van der Waals surface area (Å²) in [5.41, 5.74) is 1.01. The molecule has 7 heteroatoms. The van der Waals surface area contributed by atoms with Crippen molar-refractivity contribution >= 4 is 18.0 Å². The Morgan fingerprint density at radius 3 is 2.95 bits per heavy atom. The zero-order valence-electron chi connectivity index (χ0n) is 10.8. The first kappa shape index (κ1) is 15.2. The zero-order chi connectivity index (χ0) is 15.0. The molecule has 0 radical (unpaired) electrons. The number of aromatic nitrogens is 1. The molecular formula is C13H13N3O4. The molecule has 20 heavy (non-hydrogen) atoms. The van der Waals surface area contributed by atoms with E-state index >= 15 is 0 Å². The summed E-state index contributed by atoms with van der Waals surface area (Å²) in [6.07, 6.45) is 2.22. The Morgan fingerprint density at radius 1 is 1.55 bits per heavy atom. The molecule has 0 saturated heterocycles. The molecular weight excluding hydrogens is 262 g/mol. The largest absolute Gasteiger partial charge is 0.482 e. The standard InChI is InChI=1S/C13H13N3O4/c1-9-2-4-11(10(16-9)3-5-13(18)19)20-8-12(17)15-7-6-14/h2-5H,7-8H2,1H3,(H,15,17)(H,18,19). The van der Waals surface area contributed by atoms with Crippen LogP contribution in [0.25, 0.3) is 6.08 Å². The predicted octanol–water partition coefficient (Wildman–Crippen LogP) is 0.506. The number of hydrogen-bond donors (Lipinski definition) is 2. The number of aryl methyl sites for hydroxylation is 1. The Bertz CT molecular complexity index is 575. The van der Waals surface area contributed by atoms with Gasteiger partial charge in [-0.15, -0.1) is 0 Å². The molecule has 0 spiro atoms. The molecule has 1 heterocycles. The number of aliphatic carboxylic acids is 1. The number of rotatable bonds is 6. The number of carboxylic acids is 1. The van der Waals surface area contributed by atoms with Crippen LogP contribution in [0.4, 0.5) is 0 Å². The summed E-state index contributed by atoms with van der Waals surface area (Å²) in [6.45, 7) is 1.38. The van der Waals surface area contributed by atoms with Crippen LogP contribution in [0.1, 0.15) is 11.4 Å². The van der Waals surface area contributed by atoms with Crippen molar-refractivity contribution in [2.45, 2.75) is 6.92 Å². The van der Waals surface area contributed by atoms with Crippen molar-refractivity contribution in [2.75, 3.05) is 13.2 Å². The summed E-state index contributed by atoms with van der Waals surface area (Å²) in [4.78, 5) is 25.9. The number of nitriles is 1. The topological polar surface area (TPSA) is 112 Å². The maximum absolute atomic E-state index is 11.3. The van der Waals surface area contributed by atoms with Gasteiger partial charge in [0, 0.05) is 11.8 Å². The molecule has 104 valence electrons. The highest BCUT2D eigenvalue weighted by Gasteiger charge is 2.07. The molecule has 0 unspecified atom stereocenters. The minimum absolute atomic E-state index is 0.0971. The molecule has 1 rings (SSSR count). The maximum atomic E-state index is 11.3. The average Bonchev–Trinajstić information content (AvgIpc) is 2.41. The van der Waals surface area contributed by atoms with Crippen LogP contribution < -0.4 is 10.1 Å². The minimum atomic E-state index is -1.11. The van der Waals surface area contributed by atoms with Gasteiger partial charge in [0.25, 0.3) is 5.91 Å². The molecule has 0 aliphatic heterocycles. The second kappa shape index (κ2) is 7.53. The van der Waals surface area contributed by atoms with E-state index in [0.717, 1.165) is 6.08 Å². The molecule has 2 N–H and O–H groups in total. The maximum Gasteiger partial charge on any atom is 0.328 e. The van der Waals surface area contributed by atoms with Gasteiger partial charge in [-0.05, 0) is 25.1 Å². The summed E-state index contributed by atoms with van der Waals surface area (Å²) in [6, 6.07) is 5.05. The highest BCUT2D eigenvalue weighted by molar-refractivity contribution is 5.85. The van der Waals surface area contributed by atoms with Gasteiger partial charge in [-0.3, -0.25) is 4.79 Å². The zero-order valence-corrected chi connectivity index (χ0v) is 10.8. The second-order valence-electron chi connectivity index (χ2n) is 3.73. The Morgan fingerprint density at radius 2 is 2.30 bits per heavy atom. The molecule has 0 aliphatic carbocycles. The number of amides is 1. The Kier molecular flexibility index (Phi) is 5.72. The molecule has 1 amide bonds. The van der Waals surface area contributed by atoms with Crippen LogP contribution in [0.2, 0.25) is 0 Å². The van der Waals surface area contributed by atoms with E-state index in [0.29, 0.717) is 17.1 Å². The van der Waals surface area contributed by atoms with Crippen molar-refractivity contribution in [3.63, 3.8) is 0 Å². The number of pyridine rings is 1. The van der Waals surface area contributed by atoms with E-state index in [2.05, 4.69) is 10.3 Å². The molecule has 0 atom stereocenters. The summed E-state index contributed by atoms with van der Waals surface area (Å²) < 4.78 is 5.26. The first-order valence-electron chi connectivity index (χ1n) is 5.68. The van der Waals surface area contributed by atoms with Crippen LogP contribution in [0.3, 0.4) is 0 Å². The summed E-state index contributed by atoms with van der Waals surface area (Å²) in [5.74, 6) is -1.26. The molecule has 0 saturated carbocycles. The van der Waals surface area contributed by atoms with Gasteiger partial charge in [0.1, 0.15) is 18.0 Å². The fourth-order valence-corrected chi connectivity index (χ4v) is 1.29. The summed E-state index contributed by atoms with van der Waals surface area (Å²) >= 11 is 0. The van der Waals surface area contributed by atoms with Crippen LogP contribution in [0, 0.1) is 18.3 Å². The molecule has 0 bridgehead atoms. The highest BCUT2D eigenvalue weighted by Crippen LogP contribution is 2.18. The fourth-order valence-electron chi connectivity index (χ4n) is 1.29. The van der Waals surface area contributed by atoms with E-state index in [4.69, 9.17) is 15.1 Å². The van der Waals surface area contributed by atoms with E-state index in [1.165, 1.54) is 6.08 Å². The Balaban J connectivity index is 2.76. The number of nitrogens with one attached hydrogen (secondary N) is 1. The van der Waals surface area contributed by atoms with Gasteiger partial charge in [-0.2, -0.15) is 5.26 Å². The van der Waals surface area contributed by atoms with Crippen LogP contribution >= 0.6 is 0 Å². The smallest absolute Gasteiger partial charge is 0.328 e. The van der Waals surface area contributed by atoms with Crippen molar-refractivity contribution in [1.29, 1.82) is 5.26 Å². The third-order valence-corrected chi connectivity index (χ3v) is 2.13. The van der Waals surface area contributed by atoms with Crippen molar-refractivity contribution in [3.8, 4) is 11.8 Å². The van der Waals surface area contributed by atoms with Gasteiger partial charge in [0.05, 0.1) is 6.07 Å². The number of carboxylic acid groups (broad SMARTS) is 1. The normalized spacial score (nSPS) is 10.0. The van der Waals surface area contributed by atoms with E-state index in [1.807, 2.05) is 0 Å². The number of ether oxygens (including phenoxy) is 1. The van der Waals surface area contributed by atoms with Crippen LogP contribution in [0.5, 0.6) is 5.75 Å². The lowest BCUT2D eigenvalue weighted by Gasteiger charge is -2.08. The number of carbonyl (C=O) groups excluding carboxylic acids is 1. The van der Waals surface area contributed by atoms with Crippen molar-refractivity contribution < 1.29 is 19.4 Å². The van der Waals surface area contributed by atoms with Crippen molar-refractivity contribution in [1.82, 2.24) is 10.3 Å². The van der Waals surface area contributed by atoms with Crippen LogP contribution in [0.15, 0.2) is 18.2 Å². The van der Waals surface area contributed by atoms with Crippen LogP contribution in [-0.2, 0) is 9.59 Å². The lowest BCUT2D eigenvalue weighted by molar-refractivity contribution is -0.131. The molecule has 0 aromatic carbocycles. The van der Waals surface area contributed by atoms with E-state index in [9.17, 15) is 9.59 Å². The second-order valence-corrected chi connectivity index (χ2v) is 3.73. The first-order chi connectivity index (χ1) is 9.52. The average molecular weight is 275 g/mol. The van der Waals surface area contributed by atoms with E-state index in [1.54, 1.807) is 25.1 Å². The quantitative estimate of drug-likeness (QED) is 0.577. The van der Waals surface area contributed by atoms with Crippen LogP contribution in [-0.4, -0.2) is 35.1 Å². The Hall–Kier alpha value is -2.88. The van der Waals surface area contributed by atoms with Gasteiger partial charge in [-0.25, -0.2) is 9.78 Å². The lowest BCUT2D eigenvalue weighted by Crippen LogP contribution is -2.29. The molecule has 1 aromatic rings. The van der Waals surface area contributed by atoms with E-state index in [-0.39, 0.29) is 13.2 Å². The molecule has 0 aliphatic rings. The molecule has 1 aromatic heterocycles. The first-order valence-corrected chi connectivity index (χ1v) is 5.68. The number of hydrogen-bond acceptors (Lipinski definition) is 5. The van der Waals surface area contributed by atoms with Gasteiger partial charge in [0.2, 0.25) is 0 Å². The van der Waals surface area contributed by atoms with Crippen molar-refractivity contribution in [2.24, 2.45) is 0 Å². The lowest BCUT2D eigenvalue weighted by atomic mass is 10.2. The minimum Gasteiger partial charge on any atom is -0.482 e. The number of carbonyl (C=O) groups is 2. The van der Waals surface area contributed by atoms with Gasteiger partial charge < -0.3 is 15.2 Å². The molecule has 7 nitrogen and oxygen atoms in total. The summed E-state index contributed by atoms with van der Waals surface area (Å²) in [7, 11) is 0. The van der Waals surface area contributed by atoms with Crippen molar-refractivity contribution in [3.05, 3.63) is 29.6 Å². The summed E-state index contributed by atoms with van der Waals surface area (Å²) in [5, 5.41) is 19.2. The molecule has 0 fully saturated rings. The highest BCUT2D eigenvalue weighted by atomic mass is 16.5. The SMILES string of the molecule is Cc1ccc(OCC(=O)NCC#N)c(C=CC(=O)O)n1. The van der Waals surface area contributed by atoms with Gasteiger partial charge >= 0.3 is 5.97 Å². The van der Waals surface area contributed by atoms with E-state index < -0.39 is 11.9 Å². The fraction of sp³-hybridized carbons (Fsp3) is 0.231. The number of nitrogens with zero attached hydrogens (tertiary/aromatic N) is 2.